The monoisotopic (exact) mass is 134 g/mol. The largest absolute Gasteiger partial charge is 0.390 e. The van der Waals surface area contributed by atoms with Gasteiger partial charge in [0, 0.05) is 0 Å². The van der Waals surface area contributed by atoms with Crippen molar-refractivity contribution in [2.24, 2.45) is 0 Å². The maximum absolute atomic E-state index is 11.6. The Morgan fingerprint density at radius 1 is 1.44 bits per heavy atom. The first kappa shape index (κ1) is 8.89. The summed E-state index contributed by atoms with van der Waals surface area (Å²) in [5.41, 5.74) is 0. The molecular formula is C7H15FO. The van der Waals surface area contributed by atoms with E-state index in [1.165, 1.54) is 0 Å². The van der Waals surface area contributed by atoms with Crippen molar-refractivity contribution in [3.05, 3.63) is 0 Å². The van der Waals surface area contributed by atoms with Gasteiger partial charge >= 0.3 is 0 Å². The van der Waals surface area contributed by atoms with Crippen LogP contribution in [0.25, 0.3) is 0 Å². The zero-order chi connectivity index (χ0) is 7.11. The van der Waals surface area contributed by atoms with Gasteiger partial charge in [-0.1, -0.05) is 26.2 Å². The molecule has 56 valence electrons. The molecule has 1 nitrogen and oxygen atoms in total. The van der Waals surface area contributed by atoms with Crippen molar-refractivity contribution in [2.45, 2.75) is 38.7 Å². The number of hydrogen-bond acceptors (Lipinski definition) is 1. The third-order valence-electron chi connectivity index (χ3n) is 1.32. The number of aliphatic hydroxyl groups excluding tert-OH is 1. The van der Waals surface area contributed by atoms with Crippen molar-refractivity contribution < 1.29 is 9.50 Å². The fraction of sp³-hybridized carbons (Fsp3) is 1.00. The Labute approximate surface area is 55.9 Å². The van der Waals surface area contributed by atoms with E-state index in [4.69, 9.17) is 5.11 Å². The molecule has 0 aromatic rings. The van der Waals surface area contributed by atoms with Gasteiger partial charge in [0.05, 0.1) is 6.10 Å². The predicted octanol–water partition coefficient (Wildman–Crippen LogP) is 1.90. The number of rotatable bonds is 5. The summed E-state index contributed by atoms with van der Waals surface area (Å²) in [4.78, 5) is 0. The van der Waals surface area contributed by atoms with Crippen LogP contribution < -0.4 is 0 Å². The van der Waals surface area contributed by atoms with Gasteiger partial charge in [-0.25, -0.2) is 4.39 Å². The first-order chi connectivity index (χ1) is 4.31. The highest BCUT2D eigenvalue weighted by atomic mass is 19.1. The normalized spacial score (nSPS) is 13.7. The van der Waals surface area contributed by atoms with Gasteiger partial charge in [-0.15, -0.1) is 0 Å². The lowest BCUT2D eigenvalue weighted by Crippen LogP contribution is -2.07. The Balaban J connectivity index is 2.88. The van der Waals surface area contributed by atoms with Crippen molar-refractivity contribution >= 4 is 0 Å². The minimum Gasteiger partial charge on any atom is -0.390 e. The van der Waals surface area contributed by atoms with Gasteiger partial charge in [0.15, 0.2) is 0 Å². The van der Waals surface area contributed by atoms with Crippen LogP contribution in [-0.2, 0) is 0 Å². The smallest absolute Gasteiger partial charge is 0.115 e. The number of alkyl halides is 1. The lowest BCUT2D eigenvalue weighted by atomic mass is 10.1. The molecule has 0 heterocycles. The van der Waals surface area contributed by atoms with E-state index in [1.807, 2.05) is 0 Å². The summed E-state index contributed by atoms with van der Waals surface area (Å²) >= 11 is 0. The topological polar surface area (TPSA) is 20.2 Å². The molecule has 0 saturated heterocycles. The van der Waals surface area contributed by atoms with Gasteiger partial charge in [0.2, 0.25) is 0 Å². The number of unbranched alkanes of at least 4 members (excludes halogenated alkanes) is 2. The van der Waals surface area contributed by atoms with E-state index >= 15 is 0 Å². The van der Waals surface area contributed by atoms with Gasteiger partial charge in [0.1, 0.15) is 6.67 Å². The SMILES string of the molecule is CCCCCC(O)CF. The second-order valence-corrected chi connectivity index (χ2v) is 2.30. The summed E-state index contributed by atoms with van der Waals surface area (Å²) in [7, 11) is 0. The molecule has 0 aliphatic carbocycles. The molecular weight excluding hydrogens is 119 g/mol. The average Bonchev–Trinajstić information content (AvgIpc) is 1.89. The molecule has 1 N–H and O–H groups in total. The zero-order valence-corrected chi connectivity index (χ0v) is 5.94. The summed E-state index contributed by atoms with van der Waals surface area (Å²) in [5.74, 6) is 0. The molecule has 9 heavy (non-hydrogen) atoms. The fourth-order valence-electron chi connectivity index (χ4n) is 0.707. The first-order valence-corrected chi connectivity index (χ1v) is 3.55. The van der Waals surface area contributed by atoms with Gasteiger partial charge in [0.25, 0.3) is 0 Å². The molecule has 0 aromatic carbocycles. The fourth-order valence-corrected chi connectivity index (χ4v) is 0.707. The standard InChI is InChI=1S/C7H15FO/c1-2-3-4-5-7(9)6-8/h7,9H,2-6H2,1H3. The highest BCUT2D eigenvalue weighted by Gasteiger charge is 2.00. The molecule has 0 fully saturated rings. The van der Waals surface area contributed by atoms with Gasteiger partial charge in [-0.05, 0) is 6.42 Å². The zero-order valence-electron chi connectivity index (χ0n) is 5.94. The van der Waals surface area contributed by atoms with Crippen LogP contribution >= 0.6 is 0 Å². The Morgan fingerprint density at radius 3 is 2.56 bits per heavy atom. The van der Waals surface area contributed by atoms with Crippen LogP contribution in [0.3, 0.4) is 0 Å². The Morgan fingerprint density at radius 2 is 2.11 bits per heavy atom. The van der Waals surface area contributed by atoms with E-state index in [9.17, 15) is 4.39 Å². The Kier molecular flexibility index (Phi) is 5.94. The summed E-state index contributed by atoms with van der Waals surface area (Å²) in [6.07, 6.45) is 3.07. The quantitative estimate of drug-likeness (QED) is 0.569. The Bertz CT molecular complexity index is 56.9. The van der Waals surface area contributed by atoms with Crippen molar-refractivity contribution in [1.82, 2.24) is 0 Å². The molecule has 0 aliphatic rings. The van der Waals surface area contributed by atoms with Crippen LogP contribution in [0.4, 0.5) is 4.39 Å². The minimum atomic E-state index is -0.712. The second-order valence-electron chi connectivity index (χ2n) is 2.30. The Hall–Kier alpha value is -0.110. The first-order valence-electron chi connectivity index (χ1n) is 3.55. The molecule has 0 aliphatic heterocycles. The van der Waals surface area contributed by atoms with Crippen LogP contribution in [0.2, 0.25) is 0 Å². The second kappa shape index (κ2) is 6.02. The van der Waals surface area contributed by atoms with Crippen molar-refractivity contribution in [3.63, 3.8) is 0 Å². The van der Waals surface area contributed by atoms with Crippen LogP contribution in [-0.4, -0.2) is 17.9 Å². The van der Waals surface area contributed by atoms with Gasteiger partial charge in [-0.2, -0.15) is 0 Å². The minimum absolute atomic E-state index is 0.594. The van der Waals surface area contributed by atoms with Crippen molar-refractivity contribution in [2.75, 3.05) is 6.67 Å². The number of hydrogen-bond donors (Lipinski definition) is 1. The molecule has 1 atom stereocenters. The van der Waals surface area contributed by atoms with Gasteiger partial charge in [-0.3, -0.25) is 0 Å². The summed E-state index contributed by atoms with van der Waals surface area (Å²) in [6.45, 7) is 1.49. The van der Waals surface area contributed by atoms with Crippen LogP contribution in [0.5, 0.6) is 0 Å². The van der Waals surface area contributed by atoms with E-state index in [0.717, 1.165) is 19.3 Å². The average molecular weight is 134 g/mol. The molecule has 0 rings (SSSR count). The maximum atomic E-state index is 11.6. The predicted molar refractivity (Wildman–Crippen MR) is 36.1 cm³/mol. The van der Waals surface area contributed by atoms with E-state index in [2.05, 4.69) is 6.92 Å². The molecule has 1 unspecified atom stereocenters. The summed E-state index contributed by atoms with van der Waals surface area (Å²) in [6, 6.07) is 0. The molecule has 0 aromatic heterocycles. The van der Waals surface area contributed by atoms with E-state index in [0.29, 0.717) is 6.42 Å². The third kappa shape index (κ3) is 5.77. The van der Waals surface area contributed by atoms with Crippen LogP contribution in [0.1, 0.15) is 32.6 Å². The van der Waals surface area contributed by atoms with Gasteiger partial charge < -0.3 is 5.11 Å². The number of halogens is 1. The molecule has 0 bridgehead atoms. The van der Waals surface area contributed by atoms with E-state index in [1.54, 1.807) is 0 Å². The maximum Gasteiger partial charge on any atom is 0.115 e. The third-order valence-corrected chi connectivity index (χ3v) is 1.32. The molecule has 0 spiro atoms. The van der Waals surface area contributed by atoms with Crippen LogP contribution in [0.15, 0.2) is 0 Å². The van der Waals surface area contributed by atoms with E-state index in [-0.39, 0.29) is 0 Å². The molecule has 0 radical (unpaired) electrons. The van der Waals surface area contributed by atoms with Crippen molar-refractivity contribution in [3.8, 4) is 0 Å². The molecule has 2 heteroatoms. The van der Waals surface area contributed by atoms with E-state index < -0.39 is 12.8 Å². The number of aliphatic hydroxyl groups is 1. The highest BCUT2D eigenvalue weighted by molar-refractivity contribution is 4.51. The summed E-state index contributed by atoms with van der Waals surface area (Å²) in [5, 5.41) is 8.71. The van der Waals surface area contributed by atoms with Crippen molar-refractivity contribution in [1.29, 1.82) is 0 Å². The highest BCUT2D eigenvalue weighted by Crippen LogP contribution is 2.02. The molecule has 0 saturated carbocycles. The molecule has 0 amide bonds. The van der Waals surface area contributed by atoms with Crippen LogP contribution in [0, 0.1) is 0 Å². The lowest BCUT2D eigenvalue weighted by molar-refractivity contribution is 0.128. The lowest BCUT2D eigenvalue weighted by Gasteiger charge is -2.02. The summed E-state index contributed by atoms with van der Waals surface area (Å²) < 4.78 is 11.6.